The Kier molecular flexibility index (Phi) is 6.12. The lowest BCUT2D eigenvalue weighted by Crippen LogP contribution is -2.45. The maximum absolute atomic E-state index is 12.7. The van der Waals surface area contributed by atoms with Crippen molar-refractivity contribution >= 4 is 11.9 Å². The van der Waals surface area contributed by atoms with E-state index in [-0.39, 0.29) is 12.0 Å². The largest absolute Gasteiger partial charge is 0.352 e. The van der Waals surface area contributed by atoms with Gasteiger partial charge in [0.2, 0.25) is 5.91 Å². The number of guanidine groups is 1. The summed E-state index contributed by atoms with van der Waals surface area (Å²) in [5.74, 6) is 1.37. The van der Waals surface area contributed by atoms with Crippen molar-refractivity contribution in [2.45, 2.75) is 44.7 Å². The fourth-order valence-electron chi connectivity index (χ4n) is 4.37. The van der Waals surface area contributed by atoms with Gasteiger partial charge in [-0.3, -0.25) is 9.79 Å². The summed E-state index contributed by atoms with van der Waals surface area (Å²) < 4.78 is 1.87. The van der Waals surface area contributed by atoms with Crippen LogP contribution in [0.25, 0.3) is 5.69 Å². The van der Waals surface area contributed by atoms with Gasteiger partial charge in [-0.15, -0.1) is 0 Å². The first kappa shape index (κ1) is 19.5. The van der Waals surface area contributed by atoms with E-state index in [1.54, 1.807) is 13.2 Å². The van der Waals surface area contributed by atoms with E-state index in [0.717, 1.165) is 49.6 Å². The van der Waals surface area contributed by atoms with Gasteiger partial charge in [0, 0.05) is 51.0 Å². The molecule has 4 rings (SSSR count). The third kappa shape index (κ3) is 4.60. The van der Waals surface area contributed by atoms with Crippen molar-refractivity contribution in [3.05, 3.63) is 48.3 Å². The maximum Gasteiger partial charge on any atom is 0.225 e. The third-order valence-electron chi connectivity index (χ3n) is 5.96. The van der Waals surface area contributed by atoms with Crippen molar-refractivity contribution < 1.29 is 4.79 Å². The molecule has 29 heavy (non-hydrogen) atoms. The van der Waals surface area contributed by atoms with Crippen LogP contribution in [0.5, 0.6) is 0 Å². The van der Waals surface area contributed by atoms with E-state index in [1.807, 2.05) is 34.0 Å². The molecule has 1 aromatic heterocycles. The molecule has 1 unspecified atom stereocenters. The van der Waals surface area contributed by atoms with Gasteiger partial charge in [0.25, 0.3) is 0 Å². The van der Waals surface area contributed by atoms with E-state index in [1.165, 1.54) is 12.8 Å². The summed E-state index contributed by atoms with van der Waals surface area (Å²) in [6, 6.07) is 10.4. The van der Waals surface area contributed by atoms with Crippen LogP contribution in [0.1, 0.15) is 37.7 Å². The molecule has 1 aromatic carbocycles. The number of amides is 1. The highest BCUT2D eigenvalue weighted by Gasteiger charge is 2.32. The molecule has 1 aliphatic carbocycles. The van der Waals surface area contributed by atoms with Gasteiger partial charge in [-0.2, -0.15) is 5.10 Å². The molecule has 154 valence electrons. The number of likely N-dealkylation sites (tertiary alicyclic amines) is 1. The number of carbonyl (C=O) groups is 1. The number of hydrogen-bond donors (Lipinski definition) is 2. The van der Waals surface area contributed by atoms with E-state index < -0.39 is 0 Å². The molecule has 0 bridgehead atoms. The number of rotatable bonds is 5. The van der Waals surface area contributed by atoms with Crippen LogP contribution in [-0.4, -0.2) is 52.7 Å². The van der Waals surface area contributed by atoms with Crippen molar-refractivity contribution in [3.8, 4) is 5.69 Å². The average Bonchev–Trinajstić information content (AvgIpc) is 3.53. The number of nitrogens with zero attached hydrogens (tertiary/aromatic N) is 4. The Bertz CT molecular complexity index is 841. The lowest BCUT2D eigenvalue weighted by molar-refractivity contribution is -0.134. The summed E-state index contributed by atoms with van der Waals surface area (Å²) in [5.41, 5.74) is 2.19. The molecule has 0 spiro atoms. The SMILES string of the molecule is CN=C(NCc1ccccc1-n1cccn1)NC1CCN(C(=O)C2CCCC2)C1. The molecular weight excluding hydrogens is 364 g/mol. The van der Waals surface area contributed by atoms with Gasteiger partial charge in [-0.1, -0.05) is 31.0 Å². The molecular formula is C22H30N6O. The number of aliphatic imine (C=N–C) groups is 1. The first-order valence-corrected chi connectivity index (χ1v) is 10.6. The first-order chi connectivity index (χ1) is 14.2. The number of nitrogens with one attached hydrogen (secondary N) is 2. The quantitative estimate of drug-likeness (QED) is 0.603. The third-order valence-corrected chi connectivity index (χ3v) is 5.96. The highest BCUT2D eigenvalue weighted by molar-refractivity contribution is 5.81. The smallest absolute Gasteiger partial charge is 0.225 e. The van der Waals surface area contributed by atoms with Crippen LogP contribution >= 0.6 is 0 Å². The van der Waals surface area contributed by atoms with Crippen molar-refractivity contribution in [2.24, 2.45) is 10.9 Å². The Morgan fingerprint density at radius 3 is 2.79 bits per heavy atom. The first-order valence-electron chi connectivity index (χ1n) is 10.6. The van der Waals surface area contributed by atoms with Crippen molar-refractivity contribution in [2.75, 3.05) is 20.1 Å². The minimum atomic E-state index is 0.243. The number of aromatic nitrogens is 2. The van der Waals surface area contributed by atoms with Crippen LogP contribution in [0.3, 0.4) is 0 Å². The monoisotopic (exact) mass is 394 g/mol. The Balaban J connectivity index is 1.31. The average molecular weight is 395 g/mol. The Morgan fingerprint density at radius 1 is 1.21 bits per heavy atom. The zero-order chi connectivity index (χ0) is 20.1. The number of carbonyl (C=O) groups excluding carboxylic acids is 1. The van der Waals surface area contributed by atoms with Crippen LogP contribution in [0.2, 0.25) is 0 Å². The van der Waals surface area contributed by atoms with Crippen LogP contribution < -0.4 is 10.6 Å². The number of hydrogen-bond acceptors (Lipinski definition) is 3. The maximum atomic E-state index is 12.7. The molecule has 2 N–H and O–H groups in total. The molecule has 7 nitrogen and oxygen atoms in total. The highest BCUT2D eigenvalue weighted by atomic mass is 16.2. The van der Waals surface area contributed by atoms with Crippen molar-refractivity contribution in [1.82, 2.24) is 25.3 Å². The van der Waals surface area contributed by atoms with E-state index in [0.29, 0.717) is 12.5 Å². The van der Waals surface area contributed by atoms with Gasteiger partial charge >= 0.3 is 0 Å². The second kappa shape index (κ2) is 9.11. The summed E-state index contributed by atoms with van der Waals surface area (Å²) in [6.45, 7) is 2.25. The summed E-state index contributed by atoms with van der Waals surface area (Å²) in [7, 11) is 1.78. The summed E-state index contributed by atoms with van der Waals surface area (Å²) in [4.78, 5) is 19.1. The van der Waals surface area contributed by atoms with Gasteiger partial charge in [0.15, 0.2) is 5.96 Å². The number of para-hydroxylation sites is 1. The van der Waals surface area contributed by atoms with Gasteiger partial charge in [0.1, 0.15) is 0 Å². The predicted molar refractivity (Wildman–Crippen MR) is 114 cm³/mol. The standard InChI is InChI=1S/C22H30N6O/c1-23-22(24-15-18-9-4-5-10-20(18)28-13-6-12-25-28)26-19-11-14-27(16-19)21(29)17-7-2-3-8-17/h4-6,9-10,12-13,17,19H,2-3,7-8,11,14-16H2,1H3,(H2,23,24,26). The lowest BCUT2D eigenvalue weighted by Gasteiger charge is -2.21. The van der Waals surface area contributed by atoms with Crippen molar-refractivity contribution in [3.63, 3.8) is 0 Å². The van der Waals surface area contributed by atoms with Crippen LogP contribution in [0.15, 0.2) is 47.7 Å². The topological polar surface area (TPSA) is 74.6 Å². The molecule has 2 aromatic rings. The molecule has 1 amide bonds. The normalized spacial score (nSPS) is 20.2. The second-order valence-corrected chi connectivity index (χ2v) is 7.90. The van der Waals surface area contributed by atoms with E-state index in [9.17, 15) is 4.79 Å². The van der Waals surface area contributed by atoms with Gasteiger partial charge in [-0.05, 0) is 37.0 Å². The lowest BCUT2D eigenvalue weighted by atomic mass is 10.1. The molecule has 2 aliphatic rings. The minimum Gasteiger partial charge on any atom is -0.352 e. The van der Waals surface area contributed by atoms with Gasteiger partial charge in [0.05, 0.1) is 5.69 Å². The molecule has 2 heterocycles. The summed E-state index contributed by atoms with van der Waals surface area (Å²) in [5, 5.41) is 11.2. The highest BCUT2D eigenvalue weighted by Crippen LogP contribution is 2.27. The van der Waals surface area contributed by atoms with Gasteiger partial charge < -0.3 is 15.5 Å². The molecule has 1 aliphatic heterocycles. The Hall–Kier alpha value is -2.83. The molecule has 7 heteroatoms. The Labute approximate surface area is 172 Å². The Morgan fingerprint density at radius 2 is 2.03 bits per heavy atom. The number of benzene rings is 1. The van der Waals surface area contributed by atoms with E-state index in [4.69, 9.17) is 0 Å². The fraction of sp³-hybridized carbons (Fsp3) is 0.500. The predicted octanol–water partition coefficient (Wildman–Crippen LogP) is 2.33. The summed E-state index contributed by atoms with van der Waals surface area (Å²) >= 11 is 0. The minimum absolute atomic E-state index is 0.243. The summed E-state index contributed by atoms with van der Waals surface area (Å²) in [6.07, 6.45) is 9.20. The van der Waals surface area contributed by atoms with Gasteiger partial charge in [-0.25, -0.2) is 4.68 Å². The van der Waals surface area contributed by atoms with E-state index >= 15 is 0 Å². The van der Waals surface area contributed by atoms with Crippen molar-refractivity contribution in [1.29, 1.82) is 0 Å². The fourth-order valence-corrected chi connectivity index (χ4v) is 4.37. The molecule has 1 atom stereocenters. The zero-order valence-corrected chi connectivity index (χ0v) is 17.1. The molecule has 1 saturated heterocycles. The van der Waals surface area contributed by atoms with Crippen LogP contribution in [0.4, 0.5) is 0 Å². The van der Waals surface area contributed by atoms with Crippen LogP contribution in [-0.2, 0) is 11.3 Å². The van der Waals surface area contributed by atoms with Crippen LogP contribution in [0, 0.1) is 5.92 Å². The molecule has 1 saturated carbocycles. The van der Waals surface area contributed by atoms with E-state index in [2.05, 4.69) is 32.9 Å². The zero-order valence-electron chi connectivity index (χ0n) is 17.1. The molecule has 2 fully saturated rings. The molecule has 0 radical (unpaired) electrons. The second-order valence-electron chi connectivity index (χ2n) is 7.90.